The van der Waals surface area contributed by atoms with Gasteiger partial charge >= 0.3 is 12.1 Å². The number of nitrogens with one attached hydrogen (secondary N) is 1. The smallest absolute Gasteiger partial charge is 0.409 e. The molecule has 0 atom stereocenters. The number of anilines is 1. The molecule has 1 amide bonds. The summed E-state index contributed by atoms with van der Waals surface area (Å²) >= 11 is 1.16. The topological polar surface area (TPSA) is 114 Å². The van der Waals surface area contributed by atoms with Crippen LogP contribution in [0.3, 0.4) is 0 Å². The van der Waals surface area contributed by atoms with Gasteiger partial charge < -0.3 is 15.7 Å². The molecule has 1 aliphatic carbocycles. The second-order valence-corrected chi connectivity index (χ2v) is 5.95. The van der Waals surface area contributed by atoms with E-state index < -0.39 is 12.1 Å². The van der Waals surface area contributed by atoms with E-state index >= 15 is 0 Å². The molecule has 1 aromatic heterocycles. The molecule has 0 unspecified atom stereocenters. The number of carbonyl (C=O) groups excluding carboxylic acids is 1. The second-order valence-electron chi connectivity index (χ2n) is 4.90. The van der Waals surface area contributed by atoms with Crippen LogP contribution in [0.25, 0.3) is 10.1 Å². The molecule has 0 radical (unpaired) electrons. The standard InChI is InChI=1S/C14H13N3O4S/c15-11(7-5-6-7)17-21-13(18)10-8-3-1-2-4-9(8)22-12(10)16-14(19)20/h1-4,7,16H,5-6H2,(H2,15,17)(H,19,20). The maximum absolute atomic E-state index is 12.3. The van der Waals surface area contributed by atoms with Crippen molar-refractivity contribution in [2.45, 2.75) is 12.8 Å². The van der Waals surface area contributed by atoms with Crippen molar-refractivity contribution in [2.75, 3.05) is 5.32 Å². The van der Waals surface area contributed by atoms with Crippen LogP contribution in [0.1, 0.15) is 23.2 Å². The van der Waals surface area contributed by atoms with Crippen molar-refractivity contribution in [3.63, 3.8) is 0 Å². The first-order valence-corrected chi connectivity index (χ1v) is 7.44. The van der Waals surface area contributed by atoms with Crippen molar-refractivity contribution in [1.29, 1.82) is 0 Å². The maximum atomic E-state index is 12.3. The Balaban J connectivity index is 1.94. The van der Waals surface area contributed by atoms with Crippen LogP contribution in [0.4, 0.5) is 9.80 Å². The van der Waals surface area contributed by atoms with E-state index in [9.17, 15) is 9.59 Å². The van der Waals surface area contributed by atoms with E-state index in [1.165, 1.54) is 0 Å². The molecule has 1 fully saturated rings. The number of oxime groups is 1. The average Bonchev–Trinajstić information content (AvgIpc) is 3.26. The van der Waals surface area contributed by atoms with Crippen molar-refractivity contribution in [1.82, 2.24) is 0 Å². The molecule has 7 nitrogen and oxygen atoms in total. The zero-order chi connectivity index (χ0) is 15.7. The lowest BCUT2D eigenvalue weighted by atomic mass is 10.1. The van der Waals surface area contributed by atoms with E-state index in [-0.39, 0.29) is 16.5 Å². The molecule has 1 aliphatic rings. The number of thiophene rings is 1. The summed E-state index contributed by atoms with van der Waals surface area (Å²) in [4.78, 5) is 28.0. The summed E-state index contributed by atoms with van der Waals surface area (Å²) < 4.78 is 0.775. The van der Waals surface area contributed by atoms with Crippen molar-refractivity contribution >= 4 is 44.3 Å². The highest BCUT2D eigenvalue weighted by atomic mass is 32.1. The number of amides is 1. The number of fused-ring (bicyclic) bond motifs is 1. The fourth-order valence-electron chi connectivity index (χ4n) is 2.03. The fraction of sp³-hybridized carbons (Fsp3) is 0.214. The summed E-state index contributed by atoms with van der Waals surface area (Å²) in [7, 11) is 0. The van der Waals surface area contributed by atoms with Gasteiger partial charge in [-0.3, -0.25) is 5.32 Å². The number of hydrogen-bond donors (Lipinski definition) is 3. The van der Waals surface area contributed by atoms with Gasteiger partial charge in [-0.05, 0) is 18.9 Å². The lowest BCUT2D eigenvalue weighted by Gasteiger charge is -2.02. The molecular formula is C14H13N3O4S. The minimum atomic E-state index is -1.25. The Bertz CT molecular complexity index is 779. The third-order valence-corrected chi connectivity index (χ3v) is 4.34. The zero-order valence-electron chi connectivity index (χ0n) is 11.4. The summed E-state index contributed by atoms with van der Waals surface area (Å²) in [5, 5.41) is 15.6. The minimum Gasteiger partial charge on any atom is -0.465 e. The molecule has 4 N–H and O–H groups in total. The summed E-state index contributed by atoms with van der Waals surface area (Å²) in [6.45, 7) is 0. The van der Waals surface area contributed by atoms with Crippen LogP contribution in [0.15, 0.2) is 29.4 Å². The number of nitrogens with zero attached hydrogens (tertiary/aromatic N) is 1. The summed E-state index contributed by atoms with van der Waals surface area (Å²) in [5.41, 5.74) is 5.83. The van der Waals surface area contributed by atoms with Gasteiger partial charge in [0, 0.05) is 16.0 Å². The Kier molecular flexibility index (Phi) is 3.68. The molecule has 1 saturated carbocycles. The van der Waals surface area contributed by atoms with Crippen LogP contribution >= 0.6 is 11.3 Å². The fourth-order valence-corrected chi connectivity index (χ4v) is 3.11. The van der Waals surface area contributed by atoms with Crippen LogP contribution in [0.2, 0.25) is 0 Å². The predicted molar refractivity (Wildman–Crippen MR) is 83.2 cm³/mol. The molecule has 1 aromatic carbocycles. The van der Waals surface area contributed by atoms with Crippen molar-refractivity contribution in [2.24, 2.45) is 16.8 Å². The highest BCUT2D eigenvalue weighted by molar-refractivity contribution is 7.23. The molecule has 8 heteroatoms. The summed E-state index contributed by atoms with van der Waals surface area (Å²) in [6.07, 6.45) is 0.641. The van der Waals surface area contributed by atoms with Crippen LogP contribution in [0, 0.1) is 5.92 Å². The molecule has 3 rings (SSSR count). The first kappa shape index (κ1) is 14.3. The number of carboxylic acid groups (broad SMARTS) is 1. The van der Waals surface area contributed by atoms with Gasteiger partial charge in [-0.25, -0.2) is 9.59 Å². The van der Waals surface area contributed by atoms with Gasteiger partial charge in [0.1, 0.15) is 16.4 Å². The van der Waals surface area contributed by atoms with Crippen molar-refractivity contribution in [3.8, 4) is 0 Å². The molecule has 22 heavy (non-hydrogen) atoms. The lowest BCUT2D eigenvalue weighted by molar-refractivity contribution is 0.0518. The lowest BCUT2D eigenvalue weighted by Crippen LogP contribution is -2.16. The highest BCUT2D eigenvalue weighted by Gasteiger charge is 2.27. The quantitative estimate of drug-likeness (QED) is 0.347. The van der Waals surface area contributed by atoms with Gasteiger partial charge in [0.25, 0.3) is 0 Å². The molecule has 1 heterocycles. The molecule has 0 spiro atoms. The Morgan fingerprint density at radius 2 is 2.09 bits per heavy atom. The number of rotatable bonds is 4. The normalized spacial score (nSPS) is 14.8. The Hall–Kier alpha value is -2.61. The number of hydrogen-bond acceptors (Lipinski definition) is 5. The Morgan fingerprint density at radius 3 is 2.77 bits per heavy atom. The van der Waals surface area contributed by atoms with Crippen LogP contribution in [-0.2, 0) is 4.84 Å². The van der Waals surface area contributed by atoms with E-state index in [1.54, 1.807) is 18.2 Å². The van der Waals surface area contributed by atoms with E-state index in [0.29, 0.717) is 11.2 Å². The van der Waals surface area contributed by atoms with Crippen LogP contribution in [-0.4, -0.2) is 23.0 Å². The molecule has 0 bridgehead atoms. The van der Waals surface area contributed by atoms with Crippen molar-refractivity contribution in [3.05, 3.63) is 29.8 Å². The first-order valence-electron chi connectivity index (χ1n) is 6.62. The monoisotopic (exact) mass is 319 g/mol. The largest absolute Gasteiger partial charge is 0.465 e. The van der Waals surface area contributed by atoms with Crippen molar-refractivity contribution < 1.29 is 19.5 Å². The van der Waals surface area contributed by atoms with Crippen LogP contribution in [0.5, 0.6) is 0 Å². The van der Waals surface area contributed by atoms with Gasteiger partial charge in [0.2, 0.25) is 0 Å². The number of benzene rings is 1. The molecule has 0 aliphatic heterocycles. The number of carbonyl (C=O) groups is 2. The number of nitrogens with two attached hydrogens (primary N) is 1. The van der Waals surface area contributed by atoms with E-state index in [2.05, 4.69) is 10.5 Å². The van der Waals surface area contributed by atoms with Gasteiger partial charge in [0.05, 0.1) is 0 Å². The van der Waals surface area contributed by atoms with E-state index in [1.807, 2.05) is 6.07 Å². The van der Waals surface area contributed by atoms with Gasteiger partial charge in [-0.1, -0.05) is 23.4 Å². The van der Waals surface area contributed by atoms with Crippen LogP contribution < -0.4 is 11.1 Å². The van der Waals surface area contributed by atoms with Gasteiger partial charge in [0.15, 0.2) is 0 Å². The third kappa shape index (κ3) is 2.86. The maximum Gasteiger partial charge on any atom is 0.409 e. The van der Waals surface area contributed by atoms with Gasteiger partial charge in [-0.2, -0.15) is 0 Å². The Morgan fingerprint density at radius 1 is 1.36 bits per heavy atom. The first-order chi connectivity index (χ1) is 10.6. The molecule has 0 saturated heterocycles. The third-order valence-electron chi connectivity index (χ3n) is 3.25. The van der Waals surface area contributed by atoms with Gasteiger partial charge in [-0.15, -0.1) is 11.3 Å². The SMILES string of the molecule is N/C(=N/OC(=O)c1c(NC(=O)O)sc2ccccc12)C1CC1. The number of amidine groups is 1. The van der Waals surface area contributed by atoms with E-state index in [4.69, 9.17) is 15.7 Å². The average molecular weight is 319 g/mol. The Labute approximate surface area is 129 Å². The summed E-state index contributed by atoms with van der Waals surface area (Å²) in [5.74, 6) is -0.255. The highest BCUT2D eigenvalue weighted by Crippen LogP contribution is 2.36. The zero-order valence-corrected chi connectivity index (χ0v) is 12.2. The molecule has 2 aromatic rings. The minimum absolute atomic E-state index is 0.148. The van der Waals surface area contributed by atoms with E-state index in [0.717, 1.165) is 28.9 Å². The second kappa shape index (κ2) is 5.64. The predicted octanol–water partition coefficient (Wildman–Crippen LogP) is 2.83. The summed E-state index contributed by atoms with van der Waals surface area (Å²) in [6, 6.07) is 7.09. The molecular weight excluding hydrogens is 306 g/mol. The molecule has 114 valence electrons.